The summed E-state index contributed by atoms with van der Waals surface area (Å²) in [4.78, 5) is 29.9. The van der Waals surface area contributed by atoms with Crippen LogP contribution in [0, 0.1) is 11.8 Å². The van der Waals surface area contributed by atoms with Gasteiger partial charge in [-0.25, -0.2) is 8.42 Å². The van der Waals surface area contributed by atoms with E-state index in [2.05, 4.69) is 20.9 Å². The average Bonchev–Trinajstić information content (AvgIpc) is 2.99. The van der Waals surface area contributed by atoms with E-state index in [1.54, 1.807) is 18.2 Å². The van der Waals surface area contributed by atoms with E-state index in [9.17, 15) is 23.1 Å². The molecule has 1 saturated carbocycles. The van der Waals surface area contributed by atoms with Crippen LogP contribution in [-0.4, -0.2) is 84.1 Å². The first-order valence-electron chi connectivity index (χ1n) is 17.2. The maximum absolute atomic E-state index is 14.2. The summed E-state index contributed by atoms with van der Waals surface area (Å²) in [5.41, 5.74) is 1.32. The highest BCUT2D eigenvalue weighted by molar-refractivity contribution is 7.92. The third-order valence-electron chi connectivity index (χ3n) is 10.1. The molecule has 1 aliphatic carbocycles. The zero-order valence-corrected chi connectivity index (χ0v) is 30.9. The number of nitrogens with one attached hydrogen (secondary N) is 3. The summed E-state index contributed by atoms with van der Waals surface area (Å²) >= 11 is 6.19. The zero-order valence-electron chi connectivity index (χ0n) is 29.3. The van der Waals surface area contributed by atoms with E-state index in [4.69, 9.17) is 11.6 Å². The number of halogens is 1. The van der Waals surface area contributed by atoms with Crippen LogP contribution >= 0.6 is 11.6 Å². The van der Waals surface area contributed by atoms with E-state index in [0.29, 0.717) is 29.8 Å². The molecule has 2 amide bonds. The largest absolute Gasteiger partial charge is 0.390 e. The molecule has 2 fully saturated rings. The van der Waals surface area contributed by atoms with E-state index < -0.39 is 44.2 Å². The Kier molecular flexibility index (Phi) is 12.8. The SMILES string of the molecule is CC(C)(C)NC(=O)[C@@H]1C[C@@H]2CCCC[C@@H]2CN1C[C@@H](O)[C@H](Cc1ccccc1)NC(=O)[C@@H](NCc1cccc(Cl)c1)C(C)(C)S(C)(=O)=O. The number of β-amino-alcohol motifs (C(OH)–C–C–N with tert-alkyl or cyclic N) is 1. The van der Waals surface area contributed by atoms with Crippen molar-refractivity contribution in [2.75, 3.05) is 19.3 Å². The molecule has 48 heavy (non-hydrogen) atoms. The van der Waals surface area contributed by atoms with Gasteiger partial charge in [-0.1, -0.05) is 73.3 Å². The third-order valence-corrected chi connectivity index (χ3v) is 12.5. The standard InChI is InChI=1S/C37H55ClN4O5S/c1-36(2,3)41-34(44)31-21-27-16-10-11-17-28(27)23-42(31)24-32(43)30(20-25-13-8-7-9-14-25)40-35(45)33(37(4,5)48(6,46)47)39-22-26-15-12-18-29(38)19-26/h7-9,12-15,18-19,27-28,30-33,39,43H,10-11,16-17,20-24H2,1-6H3,(H,40,45)(H,41,44)/t27-,28+,30-,31-,32+,33+/m0/s1. The molecular formula is C37H55ClN4O5S. The van der Waals surface area contributed by atoms with Crippen molar-refractivity contribution in [2.24, 2.45) is 11.8 Å². The fourth-order valence-corrected chi connectivity index (χ4v) is 7.98. The number of piperidine rings is 1. The van der Waals surface area contributed by atoms with E-state index in [0.717, 1.165) is 36.6 Å². The minimum atomic E-state index is -3.70. The minimum Gasteiger partial charge on any atom is -0.390 e. The van der Waals surface area contributed by atoms with Gasteiger partial charge < -0.3 is 21.1 Å². The minimum absolute atomic E-state index is 0.0393. The molecule has 0 bridgehead atoms. The molecular weight excluding hydrogens is 648 g/mol. The zero-order chi connectivity index (χ0) is 35.3. The van der Waals surface area contributed by atoms with Crippen molar-refractivity contribution in [3.8, 4) is 0 Å². The second-order valence-corrected chi connectivity index (χ2v) is 18.5. The Morgan fingerprint density at radius 1 is 0.979 bits per heavy atom. The number of aliphatic hydroxyl groups excluding tert-OH is 1. The quantitative estimate of drug-likeness (QED) is 0.242. The van der Waals surface area contributed by atoms with E-state index in [-0.39, 0.29) is 25.0 Å². The maximum atomic E-state index is 14.2. The first-order chi connectivity index (χ1) is 22.4. The second-order valence-electron chi connectivity index (χ2n) is 15.4. The molecule has 0 spiro atoms. The molecule has 0 radical (unpaired) electrons. The third kappa shape index (κ3) is 10.3. The molecule has 9 nitrogen and oxygen atoms in total. The molecule has 2 aromatic carbocycles. The summed E-state index contributed by atoms with van der Waals surface area (Å²) in [5, 5.41) is 21.9. The van der Waals surface area contributed by atoms with Gasteiger partial charge in [0.15, 0.2) is 9.84 Å². The number of likely N-dealkylation sites (tertiary alicyclic amines) is 1. The lowest BCUT2D eigenvalue weighted by atomic mass is 9.72. The summed E-state index contributed by atoms with van der Waals surface area (Å²) in [6.07, 6.45) is 5.74. The van der Waals surface area contributed by atoms with Crippen molar-refractivity contribution < 1.29 is 23.1 Å². The van der Waals surface area contributed by atoms with Gasteiger partial charge in [0.1, 0.15) is 6.04 Å². The summed E-state index contributed by atoms with van der Waals surface area (Å²) in [5.74, 6) is 0.373. The van der Waals surface area contributed by atoms with Crippen LogP contribution in [0.3, 0.4) is 0 Å². The number of sulfone groups is 1. The van der Waals surface area contributed by atoms with E-state index in [1.807, 2.05) is 57.2 Å². The number of nitrogens with zero attached hydrogens (tertiary/aromatic N) is 1. The molecule has 0 aromatic heterocycles. The number of carbonyl (C=O) groups excluding carboxylic acids is 2. The van der Waals surface area contributed by atoms with Gasteiger partial charge in [0.2, 0.25) is 11.8 Å². The monoisotopic (exact) mass is 702 g/mol. The number of fused-ring (bicyclic) bond motifs is 1. The second kappa shape index (κ2) is 16.0. The number of hydrogen-bond acceptors (Lipinski definition) is 7. The first kappa shape index (κ1) is 38.3. The van der Waals surface area contributed by atoms with Crippen LogP contribution in [0.5, 0.6) is 0 Å². The summed E-state index contributed by atoms with van der Waals surface area (Å²) in [6.45, 7) is 10.1. The average molecular weight is 703 g/mol. The highest BCUT2D eigenvalue weighted by atomic mass is 35.5. The van der Waals surface area contributed by atoms with Gasteiger partial charge in [0.05, 0.1) is 22.9 Å². The van der Waals surface area contributed by atoms with Gasteiger partial charge in [-0.3, -0.25) is 14.5 Å². The lowest BCUT2D eigenvalue weighted by Crippen LogP contribution is -2.63. The number of rotatable bonds is 13. The van der Waals surface area contributed by atoms with Gasteiger partial charge in [-0.15, -0.1) is 0 Å². The van der Waals surface area contributed by atoms with Crippen molar-refractivity contribution in [1.29, 1.82) is 0 Å². The summed E-state index contributed by atoms with van der Waals surface area (Å²) in [6, 6.07) is 14.5. The molecule has 6 atom stereocenters. The Balaban J connectivity index is 1.61. The van der Waals surface area contributed by atoms with Crippen molar-refractivity contribution in [3.63, 3.8) is 0 Å². The van der Waals surface area contributed by atoms with Crippen LogP contribution in [0.2, 0.25) is 5.02 Å². The van der Waals surface area contributed by atoms with Crippen LogP contribution in [0.25, 0.3) is 0 Å². The molecule has 4 N–H and O–H groups in total. The van der Waals surface area contributed by atoms with Gasteiger partial charge >= 0.3 is 0 Å². The van der Waals surface area contributed by atoms with Crippen LogP contribution < -0.4 is 16.0 Å². The molecule has 2 aliphatic rings. The van der Waals surface area contributed by atoms with Gasteiger partial charge in [-0.05, 0) is 89.0 Å². The Morgan fingerprint density at radius 3 is 2.25 bits per heavy atom. The maximum Gasteiger partial charge on any atom is 0.239 e. The Morgan fingerprint density at radius 2 is 1.62 bits per heavy atom. The van der Waals surface area contributed by atoms with E-state index in [1.165, 1.54) is 26.7 Å². The predicted octanol–water partition coefficient (Wildman–Crippen LogP) is 4.51. The highest BCUT2D eigenvalue weighted by Crippen LogP contribution is 2.39. The van der Waals surface area contributed by atoms with Crippen LogP contribution in [0.4, 0.5) is 0 Å². The predicted molar refractivity (Wildman–Crippen MR) is 192 cm³/mol. The topological polar surface area (TPSA) is 128 Å². The normalized spacial score (nSPS) is 22.6. The lowest BCUT2D eigenvalue weighted by Gasteiger charge is -2.47. The lowest BCUT2D eigenvalue weighted by molar-refractivity contribution is -0.133. The molecule has 2 aromatic rings. The first-order valence-corrected chi connectivity index (χ1v) is 19.5. The fourth-order valence-electron chi connectivity index (χ4n) is 7.15. The number of amides is 2. The van der Waals surface area contributed by atoms with Crippen molar-refractivity contribution in [2.45, 2.75) is 114 Å². The molecule has 1 heterocycles. The Labute approximate surface area is 292 Å². The molecule has 1 saturated heterocycles. The number of carbonyl (C=O) groups is 2. The molecule has 4 rings (SSSR count). The van der Waals surface area contributed by atoms with Gasteiger partial charge in [0.25, 0.3) is 0 Å². The van der Waals surface area contributed by atoms with Crippen molar-refractivity contribution >= 4 is 33.3 Å². The Hall–Kier alpha value is -2.50. The van der Waals surface area contributed by atoms with Crippen molar-refractivity contribution in [3.05, 3.63) is 70.7 Å². The molecule has 0 unspecified atom stereocenters. The number of hydrogen-bond donors (Lipinski definition) is 4. The Bertz CT molecular complexity index is 1500. The molecule has 11 heteroatoms. The summed E-state index contributed by atoms with van der Waals surface area (Å²) in [7, 11) is -3.70. The smallest absolute Gasteiger partial charge is 0.239 e. The molecule has 266 valence electrons. The number of aliphatic hydroxyl groups is 1. The van der Waals surface area contributed by atoms with Crippen molar-refractivity contribution in [1.82, 2.24) is 20.9 Å². The van der Waals surface area contributed by atoms with E-state index >= 15 is 0 Å². The van der Waals surface area contributed by atoms with Gasteiger partial charge in [0, 0.05) is 36.5 Å². The fraction of sp³-hybridized carbons (Fsp3) is 0.622. The van der Waals surface area contributed by atoms with Crippen LogP contribution in [0.1, 0.15) is 77.8 Å². The highest BCUT2D eigenvalue weighted by Gasteiger charge is 2.45. The van der Waals surface area contributed by atoms with Crippen LogP contribution in [-0.2, 0) is 32.4 Å². The van der Waals surface area contributed by atoms with Crippen LogP contribution in [0.15, 0.2) is 54.6 Å². The van der Waals surface area contributed by atoms with Gasteiger partial charge in [-0.2, -0.15) is 0 Å². The molecule has 1 aliphatic heterocycles. The summed E-state index contributed by atoms with van der Waals surface area (Å²) < 4.78 is 24.6. The number of benzene rings is 2.